The van der Waals surface area contributed by atoms with E-state index in [4.69, 9.17) is 37.2 Å². The van der Waals surface area contributed by atoms with Crippen LogP contribution in [0.25, 0.3) is 27.9 Å². The number of benzene rings is 2. The van der Waals surface area contributed by atoms with Gasteiger partial charge in [-0.2, -0.15) is 23.1 Å². The third-order valence-electron chi connectivity index (χ3n) is 6.14. The van der Waals surface area contributed by atoms with E-state index < -0.39 is 12.1 Å². The first kappa shape index (κ1) is 28.0. The van der Waals surface area contributed by atoms with E-state index in [2.05, 4.69) is 25.2 Å². The molecule has 4 heterocycles. The summed E-state index contributed by atoms with van der Waals surface area (Å²) in [6.45, 7) is 1.83. The summed E-state index contributed by atoms with van der Waals surface area (Å²) in [6, 6.07) is 11.9. The highest BCUT2D eigenvalue weighted by atomic mass is 35.5. The fourth-order valence-corrected chi connectivity index (χ4v) is 4.40. The maximum absolute atomic E-state index is 13.9. The highest BCUT2D eigenvalue weighted by Crippen LogP contribution is 2.27. The molecule has 0 bridgehead atoms. The Hall–Kier alpha value is -4.50. The number of H-pyrrole nitrogens is 1. The Morgan fingerprint density at radius 1 is 1.20 bits per heavy atom. The van der Waals surface area contributed by atoms with Crippen molar-refractivity contribution in [2.75, 3.05) is 23.3 Å². The summed E-state index contributed by atoms with van der Waals surface area (Å²) in [5, 5.41) is 11.1. The van der Waals surface area contributed by atoms with Crippen LogP contribution in [-0.4, -0.2) is 65.9 Å². The van der Waals surface area contributed by atoms with Gasteiger partial charge < -0.3 is 26.0 Å². The third kappa shape index (κ3) is 6.30. The van der Waals surface area contributed by atoms with Gasteiger partial charge in [0.25, 0.3) is 0 Å². The lowest BCUT2D eigenvalue weighted by Crippen LogP contribution is -2.27. The van der Waals surface area contributed by atoms with Crippen molar-refractivity contribution in [3.8, 4) is 5.69 Å². The van der Waals surface area contributed by atoms with Crippen LogP contribution in [-0.2, 0) is 11.3 Å². The van der Waals surface area contributed by atoms with Crippen molar-refractivity contribution >= 4 is 51.5 Å². The van der Waals surface area contributed by atoms with Crippen molar-refractivity contribution in [1.82, 2.24) is 29.5 Å². The molecule has 0 radical (unpaired) electrons. The highest BCUT2D eigenvalue weighted by Gasteiger charge is 2.38. The number of imidazole rings is 2. The number of carboxylic acids is 1. The number of aliphatic carboxylic acids is 1. The quantitative estimate of drug-likeness (QED) is 0.220. The van der Waals surface area contributed by atoms with Gasteiger partial charge in [0.1, 0.15) is 18.0 Å². The fourth-order valence-electron chi connectivity index (χ4n) is 4.22. The molecule has 1 atom stereocenters. The number of aromatic amines is 1. The summed E-state index contributed by atoms with van der Waals surface area (Å²) >= 11 is 6.09. The van der Waals surface area contributed by atoms with Crippen LogP contribution in [0.4, 0.5) is 29.3 Å². The second-order valence-electron chi connectivity index (χ2n) is 9.14. The van der Waals surface area contributed by atoms with Gasteiger partial charge in [0.2, 0.25) is 5.95 Å². The zero-order valence-electron chi connectivity index (χ0n) is 21.0. The minimum atomic E-state index is -5.08. The molecule has 11 nitrogen and oxygen atoms in total. The summed E-state index contributed by atoms with van der Waals surface area (Å²) in [6.07, 6.45) is -2.59. The highest BCUT2D eigenvalue weighted by molar-refractivity contribution is 6.31. The predicted octanol–water partition coefficient (Wildman–Crippen LogP) is 4.27. The number of alkyl halides is 3. The summed E-state index contributed by atoms with van der Waals surface area (Å²) < 4.78 is 47.4. The van der Waals surface area contributed by atoms with Crippen molar-refractivity contribution < 1.29 is 27.5 Å². The van der Waals surface area contributed by atoms with Gasteiger partial charge in [0.05, 0.1) is 23.3 Å². The molecule has 0 amide bonds. The Morgan fingerprint density at radius 2 is 1.98 bits per heavy atom. The number of fused-ring (bicyclic) bond motifs is 2. The summed E-state index contributed by atoms with van der Waals surface area (Å²) in [4.78, 5) is 32.9. The molecule has 1 saturated heterocycles. The van der Waals surface area contributed by atoms with Gasteiger partial charge >= 0.3 is 12.1 Å². The van der Waals surface area contributed by atoms with Crippen molar-refractivity contribution in [1.29, 1.82) is 0 Å². The maximum atomic E-state index is 13.9. The van der Waals surface area contributed by atoms with E-state index in [0.717, 1.165) is 29.8 Å². The number of carboxylic acid groups (broad SMARTS) is 1. The molecule has 0 unspecified atom stereocenters. The number of nitrogens with zero attached hydrogens (tertiary/aromatic N) is 6. The van der Waals surface area contributed by atoms with Crippen LogP contribution < -0.4 is 16.0 Å². The Bertz CT molecular complexity index is 1720. The van der Waals surface area contributed by atoms with E-state index in [9.17, 15) is 17.6 Å². The van der Waals surface area contributed by atoms with Crippen LogP contribution >= 0.6 is 11.6 Å². The molecule has 0 spiro atoms. The molecule has 1 fully saturated rings. The van der Waals surface area contributed by atoms with Gasteiger partial charge in [-0.15, -0.1) is 0 Å². The lowest BCUT2D eigenvalue weighted by molar-refractivity contribution is -0.192. The number of hydrogen-bond donors (Lipinski definition) is 4. The smallest absolute Gasteiger partial charge is 0.475 e. The predicted molar refractivity (Wildman–Crippen MR) is 144 cm³/mol. The first-order valence-electron chi connectivity index (χ1n) is 12.2. The number of halogens is 5. The number of carbonyl (C=O) groups is 1. The second kappa shape index (κ2) is 11.2. The summed E-state index contributed by atoms with van der Waals surface area (Å²) in [5.74, 6) is -1.24. The average Bonchev–Trinajstić information content (AvgIpc) is 3.64. The first-order chi connectivity index (χ1) is 19.5. The largest absolute Gasteiger partial charge is 0.490 e. The minimum Gasteiger partial charge on any atom is -0.475 e. The van der Waals surface area contributed by atoms with E-state index in [1.165, 1.54) is 12.1 Å². The van der Waals surface area contributed by atoms with Gasteiger partial charge in [-0.05, 0) is 42.8 Å². The molecule has 16 heteroatoms. The van der Waals surface area contributed by atoms with E-state index in [1.807, 2.05) is 24.3 Å². The van der Waals surface area contributed by atoms with Gasteiger partial charge in [-0.25, -0.2) is 19.2 Å². The van der Waals surface area contributed by atoms with Crippen molar-refractivity contribution in [2.45, 2.75) is 25.2 Å². The van der Waals surface area contributed by atoms with Crippen LogP contribution in [0.2, 0.25) is 5.02 Å². The molecule has 41 heavy (non-hydrogen) atoms. The lowest BCUT2D eigenvalue weighted by atomic mass is 10.3. The zero-order chi connectivity index (χ0) is 29.3. The van der Waals surface area contributed by atoms with E-state index in [0.29, 0.717) is 46.7 Å². The molecule has 5 N–H and O–H groups in total. The molecule has 6 rings (SSSR count). The van der Waals surface area contributed by atoms with Crippen molar-refractivity contribution in [3.05, 3.63) is 65.5 Å². The molecule has 1 aliphatic rings. The monoisotopic (exact) mass is 591 g/mol. The van der Waals surface area contributed by atoms with E-state index in [1.54, 1.807) is 17.0 Å². The van der Waals surface area contributed by atoms with Gasteiger partial charge in [0.15, 0.2) is 17.0 Å². The third-order valence-corrected chi connectivity index (χ3v) is 6.37. The molecule has 3 aromatic heterocycles. The Kier molecular flexibility index (Phi) is 7.64. The number of anilines is 2. The molecule has 1 aliphatic heterocycles. The van der Waals surface area contributed by atoms with Gasteiger partial charge in [-0.1, -0.05) is 17.7 Å². The van der Waals surface area contributed by atoms with Crippen LogP contribution in [0.3, 0.4) is 0 Å². The van der Waals surface area contributed by atoms with Crippen LogP contribution in [0.15, 0.2) is 48.8 Å². The molecular weight excluding hydrogens is 570 g/mol. The maximum Gasteiger partial charge on any atom is 0.490 e. The van der Waals surface area contributed by atoms with Crippen LogP contribution in [0, 0.1) is 5.82 Å². The molecule has 214 valence electrons. The van der Waals surface area contributed by atoms with Crippen molar-refractivity contribution in [3.63, 3.8) is 0 Å². The second-order valence-corrected chi connectivity index (χ2v) is 9.57. The fraction of sp³-hybridized carbons (Fsp3) is 0.240. The Labute approximate surface area is 234 Å². The van der Waals surface area contributed by atoms with Gasteiger partial charge in [0, 0.05) is 24.2 Å². The Morgan fingerprint density at radius 3 is 2.66 bits per heavy atom. The topological polar surface area (TPSA) is 151 Å². The molecule has 2 aromatic carbocycles. The minimum absolute atomic E-state index is 0.0752. The zero-order valence-corrected chi connectivity index (χ0v) is 21.8. The normalized spacial score (nSPS) is 15.3. The average molecular weight is 592 g/mol. The number of rotatable bonds is 5. The SMILES string of the molecule is N[C@H]1CCN(c2nc(NCc3nc4ccc(Cl)cc4[nH]3)c3ncn(-c4cccc(F)c4)c3n2)C1.O=C(O)C(F)(F)F. The number of hydrogen-bond acceptors (Lipinski definition) is 8. The van der Waals surface area contributed by atoms with Gasteiger partial charge in [-0.3, -0.25) is 4.57 Å². The Balaban J connectivity index is 0.000000431. The number of aromatic nitrogens is 6. The summed E-state index contributed by atoms with van der Waals surface area (Å²) in [7, 11) is 0. The first-order valence-corrected chi connectivity index (χ1v) is 12.6. The van der Waals surface area contributed by atoms with Crippen LogP contribution in [0.5, 0.6) is 0 Å². The van der Waals surface area contributed by atoms with E-state index >= 15 is 0 Å². The lowest BCUT2D eigenvalue weighted by Gasteiger charge is -2.17. The van der Waals surface area contributed by atoms with Crippen molar-refractivity contribution in [2.24, 2.45) is 5.73 Å². The molecule has 0 saturated carbocycles. The summed E-state index contributed by atoms with van der Waals surface area (Å²) in [5.41, 5.74) is 9.60. The molecular formula is C25H22ClF4N9O2. The standard InChI is InChI=1S/C23H21ClFN9.C2HF3O2/c24-13-4-5-17-18(8-13)30-19(29-17)10-27-21-20-22(32-23(31-21)33-7-6-15(26)11-33)34(12-28-20)16-3-1-2-14(25)9-16;3-2(4,5)1(6)7/h1-5,8-9,12,15H,6-7,10-11,26H2,(H,29,30)(H,27,31,32);(H,6,7)/t15-;/m0./s1. The van der Waals surface area contributed by atoms with Crippen LogP contribution in [0.1, 0.15) is 12.2 Å². The van der Waals surface area contributed by atoms with E-state index in [-0.39, 0.29) is 11.9 Å². The molecule has 0 aliphatic carbocycles. The number of nitrogens with one attached hydrogen (secondary N) is 2. The number of nitrogens with two attached hydrogens (primary N) is 1. The molecule has 5 aromatic rings.